The van der Waals surface area contributed by atoms with Gasteiger partial charge >= 0.3 is 0 Å². The molecule has 18 heavy (non-hydrogen) atoms. The summed E-state index contributed by atoms with van der Waals surface area (Å²) in [5.74, 6) is -0.0787. The minimum Gasteiger partial charge on any atom is -0.392 e. The van der Waals surface area contributed by atoms with E-state index in [0.717, 1.165) is 11.1 Å². The molecule has 1 amide bonds. The molecule has 0 saturated heterocycles. The summed E-state index contributed by atoms with van der Waals surface area (Å²) in [5, 5.41) is 0. The van der Waals surface area contributed by atoms with E-state index in [0.29, 0.717) is 23.8 Å². The van der Waals surface area contributed by atoms with Gasteiger partial charge in [-0.3, -0.25) is 4.79 Å². The Bertz CT molecular complexity index is 502. The molecule has 0 saturated carbocycles. The molecule has 2 N–H and O–H groups in total. The van der Waals surface area contributed by atoms with E-state index in [1.165, 1.54) is 0 Å². The number of nitrogens with zero attached hydrogens (tertiary/aromatic N) is 1. The molecule has 0 aliphatic carbocycles. The van der Waals surface area contributed by atoms with E-state index in [1.807, 2.05) is 25.1 Å². The quantitative estimate of drug-likeness (QED) is 0.840. The van der Waals surface area contributed by atoms with Crippen LogP contribution in [0.3, 0.4) is 0 Å². The number of ether oxygens (including phenoxy) is 1. The summed E-state index contributed by atoms with van der Waals surface area (Å²) in [6, 6.07) is 5.39. The maximum absolute atomic E-state index is 12.3. The Kier molecular flexibility index (Phi) is 3.63. The lowest BCUT2D eigenvalue weighted by atomic mass is 10.1. The number of benzene rings is 1. The molecule has 1 aromatic rings. The van der Waals surface area contributed by atoms with Crippen LogP contribution < -0.4 is 5.73 Å². The lowest BCUT2D eigenvalue weighted by Gasteiger charge is -2.24. The van der Waals surface area contributed by atoms with Gasteiger partial charge in [0.05, 0.1) is 24.2 Å². The van der Waals surface area contributed by atoms with Gasteiger partial charge in [0.2, 0.25) is 0 Å². The number of rotatable bonds is 3. The summed E-state index contributed by atoms with van der Waals surface area (Å²) in [6.07, 6.45) is 0. The van der Waals surface area contributed by atoms with Crippen LogP contribution in [0.5, 0.6) is 0 Å². The molecule has 0 fully saturated rings. The third kappa shape index (κ3) is 2.37. The second-order valence-corrected chi connectivity index (χ2v) is 4.94. The smallest absolute Gasteiger partial charge is 0.254 e. The van der Waals surface area contributed by atoms with Gasteiger partial charge in [0.15, 0.2) is 0 Å². The van der Waals surface area contributed by atoms with Crippen LogP contribution in [0.1, 0.15) is 28.4 Å². The normalized spacial score (nSPS) is 15.0. The van der Waals surface area contributed by atoms with Crippen LogP contribution in [0.4, 0.5) is 0 Å². The fourth-order valence-corrected chi connectivity index (χ4v) is 2.03. The highest BCUT2D eigenvalue weighted by atomic mass is 32.1. The maximum Gasteiger partial charge on any atom is 0.254 e. The number of carbonyl (C=O) groups is 1. The molecule has 0 aromatic heterocycles. The average Bonchev–Trinajstić information content (AvgIpc) is 2.82. The van der Waals surface area contributed by atoms with E-state index in [1.54, 1.807) is 11.9 Å². The van der Waals surface area contributed by atoms with Crippen molar-refractivity contribution in [3.8, 4) is 0 Å². The van der Waals surface area contributed by atoms with Gasteiger partial charge in [0, 0.05) is 12.6 Å². The first-order valence-electron chi connectivity index (χ1n) is 5.76. The van der Waals surface area contributed by atoms with Crippen molar-refractivity contribution in [2.24, 2.45) is 5.73 Å². The molecule has 1 unspecified atom stereocenters. The predicted molar refractivity (Wildman–Crippen MR) is 73.3 cm³/mol. The number of thiocarbonyl (C=S) groups is 1. The topological polar surface area (TPSA) is 55.6 Å². The largest absolute Gasteiger partial charge is 0.392 e. The number of carbonyl (C=O) groups excluding carboxylic acids is 1. The molecule has 1 aliphatic heterocycles. The van der Waals surface area contributed by atoms with E-state index in [-0.39, 0.29) is 11.9 Å². The summed E-state index contributed by atoms with van der Waals surface area (Å²) in [4.78, 5) is 14.1. The van der Waals surface area contributed by atoms with Crippen molar-refractivity contribution in [2.75, 3.05) is 7.05 Å². The molecule has 96 valence electrons. The fraction of sp³-hybridized carbons (Fsp3) is 0.385. The summed E-state index contributed by atoms with van der Waals surface area (Å²) in [5.41, 5.74) is 8.43. The Balaban J connectivity index is 2.21. The monoisotopic (exact) mass is 264 g/mol. The first-order chi connectivity index (χ1) is 8.50. The maximum atomic E-state index is 12.3. The van der Waals surface area contributed by atoms with Gasteiger partial charge in [-0.05, 0) is 30.2 Å². The minimum atomic E-state index is -0.253. The molecule has 0 spiro atoms. The van der Waals surface area contributed by atoms with Crippen molar-refractivity contribution in [1.29, 1.82) is 0 Å². The van der Waals surface area contributed by atoms with E-state index in [9.17, 15) is 4.79 Å². The average molecular weight is 264 g/mol. The van der Waals surface area contributed by atoms with Gasteiger partial charge < -0.3 is 15.4 Å². The number of fused-ring (bicyclic) bond motifs is 1. The van der Waals surface area contributed by atoms with Crippen molar-refractivity contribution in [3.63, 3.8) is 0 Å². The van der Waals surface area contributed by atoms with Crippen molar-refractivity contribution < 1.29 is 9.53 Å². The van der Waals surface area contributed by atoms with Crippen LogP contribution in [-0.2, 0) is 18.0 Å². The number of nitrogens with two attached hydrogens (primary N) is 1. The van der Waals surface area contributed by atoms with Gasteiger partial charge in [0.1, 0.15) is 0 Å². The minimum absolute atomic E-state index is 0.0787. The Hall–Kier alpha value is -1.46. The zero-order valence-electron chi connectivity index (χ0n) is 10.5. The van der Waals surface area contributed by atoms with E-state index >= 15 is 0 Å². The third-order valence-electron chi connectivity index (χ3n) is 3.28. The Morgan fingerprint density at radius 1 is 1.44 bits per heavy atom. The Morgan fingerprint density at radius 2 is 2.11 bits per heavy atom. The lowest BCUT2D eigenvalue weighted by molar-refractivity contribution is 0.0779. The van der Waals surface area contributed by atoms with Crippen LogP contribution in [0.25, 0.3) is 0 Å². The second kappa shape index (κ2) is 5.04. The molecule has 1 heterocycles. The summed E-state index contributed by atoms with van der Waals surface area (Å²) in [7, 11) is 1.70. The fourth-order valence-electron chi connectivity index (χ4n) is 1.88. The molecular weight excluding hydrogens is 248 g/mol. The van der Waals surface area contributed by atoms with Gasteiger partial charge in [-0.25, -0.2) is 0 Å². The van der Waals surface area contributed by atoms with E-state index in [2.05, 4.69) is 0 Å². The van der Waals surface area contributed by atoms with Gasteiger partial charge in [-0.2, -0.15) is 0 Å². The van der Waals surface area contributed by atoms with Crippen molar-refractivity contribution in [2.45, 2.75) is 26.2 Å². The molecular formula is C13H16N2O2S. The van der Waals surface area contributed by atoms with Crippen LogP contribution >= 0.6 is 12.2 Å². The highest BCUT2D eigenvalue weighted by Gasteiger charge is 2.21. The van der Waals surface area contributed by atoms with Gasteiger partial charge in [-0.1, -0.05) is 18.3 Å². The van der Waals surface area contributed by atoms with Crippen LogP contribution in [0.2, 0.25) is 0 Å². The summed E-state index contributed by atoms with van der Waals surface area (Å²) < 4.78 is 5.33. The van der Waals surface area contributed by atoms with Crippen molar-refractivity contribution in [3.05, 3.63) is 34.9 Å². The standard InChI is InChI=1S/C13H16N2O2S/c1-8(12(14)18)15(2)13(16)9-3-4-10-6-17-7-11(10)5-9/h3-5,8H,6-7H2,1-2H3,(H2,14,18). The second-order valence-electron chi connectivity index (χ2n) is 4.47. The molecule has 2 rings (SSSR count). The first kappa shape index (κ1) is 13.0. The van der Waals surface area contributed by atoms with Crippen molar-refractivity contribution in [1.82, 2.24) is 4.90 Å². The van der Waals surface area contributed by atoms with Crippen LogP contribution in [0, 0.1) is 0 Å². The first-order valence-corrected chi connectivity index (χ1v) is 6.17. The molecule has 4 nitrogen and oxygen atoms in total. The number of hydrogen-bond donors (Lipinski definition) is 1. The Labute approximate surface area is 112 Å². The third-order valence-corrected chi connectivity index (χ3v) is 3.62. The van der Waals surface area contributed by atoms with Crippen LogP contribution in [0.15, 0.2) is 18.2 Å². The molecule has 1 aliphatic rings. The molecule has 1 aromatic carbocycles. The van der Waals surface area contributed by atoms with E-state index < -0.39 is 0 Å². The highest BCUT2D eigenvalue weighted by Crippen LogP contribution is 2.21. The number of hydrogen-bond acceptors (Lipinski definition) is 3. The molecule has 1 atom stereocenters. The summed E-state index contributed by atoms with van der Waals surface area (Å²) in [6.45, 7) is 3.02. The molecule has 5 heteroatoms. The van der Waals surface area contributed by atoms with E-state index in [4.69, 9.17) is 22.7 Å². The van der Waals surface area contributed by atoms with Crippen LogP contribution in [-0.4, -0.2) is 28.9 Å². The zero-order valence-corrected chi connectivity index (χ0v) is 11.3. The summed E-state index contributed by atoms with van der Waals surface area (Å²) >= 11 is 4.91. The number of amides is 1. The predicted octanol–water partition coefficient (Wildman–Crippen LogP) is 1.46. The van der Waals surface area contributed by atoms with Gasteiger partial charge in [-0.15, -0.1) is 0 Å². The SMILES string of the molecule is CC(C(N)=S)N(C)C(=O)c1ccc2c(c1)COC2. The number of likely N-dealkylation sites (N-methyl/N-ethyl adjacent to an activating group) is 1. The Morgan fingerprint density at radius 3 is 2.78 bits per heavy atom. The lowest BCUT2D eigenvalue weighted by Crippen LogP contribution is -2.42. The van der Waals surface area contributed by atoms with Gasteiger partial charge in [0.25, 0.3) is 5.91 Å². The van der Waals surface area contributed by atoms with Crippen molar-refractivity contribution >= 4 is 23.1 Å². The highest BCUT2D eigenvalue weighted by molar-refractivity contribution is 7.80. The molecule has 0 radical (unpaired) electrons. The molecule has 0 bridgehead atoms. The zero-order chi connectivity index (χ0) is 13.3.